The number of para-hydroxylation sites is 1. The first kappa shape index (κ1) is 16.3. The first-order chi connectivity index (χ1) is 12.1. The van der Waals surface area contributed by atoms with Gasteiger partial charge < -0.3 is 9.88 Å². The van der Waals surface area contributed by atoms with Crippen LogP contribution in [0.4, 0.5) is 10.1 Å². The number of carbonyl (C=O) groups excluding carboxylic acids is 1. The summed E-state index contributed by atoms with van der Waals surface area (Å²) in [5.74, 6) is -1.05. The molecule has 0 radical (unpaired) electrons. The summed E-state index contributed by atoms with van der Waals surface area (Å²) < 4.78 is 15.7. The molecule has 1 N–H and O–H groups in total. The molecule has 3 aromatic rings. The van der Waals surface area contributed by atoms with E-state index in [9.17, 15) is 19.3 Å². The maximum Gasteiger partial charge on any atom is 0.282 e. The number of nitrogens with zero attached hydrogens (tertiary/aromatic N) is 3. The molecule has 0 atom stereocenters. The fourth-order valence-electron chi connectivity index (χ4n) is 2.37. The maximum atomic E-state index is 14.2. The largest absolute Gasteiger partial charge is 0.348 e. The summed E-state index contributed by atoms with van der Waals surface area (Å²) >= 11 is 0. The van der Waals surface area contributed by atoms with E-state index in [2.05, 4.69) is 10.3 Å². The first-order valence-corrected chi connectivity index (χ1v) is 7.34. The molecule has 1 heterocycles. The van der Waals surface area contributed by atoms with Gasteiger partial charge in [0.1, 0.15) is 11.4 Å². The smallest absolute Gasteiger partial charge is 0.282 e. The number of hydrogen-bond acceptors (Lipinski definition) is 4. The van der Waals surface area contributed by atoms with E-state index in [4.69, 9.17) is 0 Å². The fraction of sp³-hybridized carbons (Fsp3) is 0.0588. The van der Waals surface area contributed by atoms with Crippen molar-refractivity contribution in [3.63, 3.8) is 0 Å². The molecule has 126 valence electrons. The zero-order valence-corrected chi connectivity index (χ0v) is 12.9. The van der Waals surface area contributed by atoms with Crippen molar-refractivity contribution in [1.82, 2.24) is 14.9 Å². The van der Waals surface area contributed by atoms with E-state index in [1.165, 1.54) is 35.2 Å². The number of amides is 1. The lowest BCUT2D eigenvalue weighted by molar-refractivity contribution is -0.385. The monoisotopic (exact) mass is 340 g/mol. The number of halogens is 1. The molecule has 0 saturated carbocycles. The zero-order chi connectivity index (χ0) is 17.8. The molecule has 0 bridgehead atoms. The van der Waals surface area contributed by atoms with Gasteiger partial charge in [0.2, 0.25) is 0 Å². The van der Waals surface area contributed by atoms with Crippen LogP contribution in [0.2, 0.25) is 0 Å². The Hall–Kier alpha value is -3.55. The second kappa shape index (κ2) is 6.91. The molecule has 0 unspecified atom stereocenters. The average Bonchev–Trinajstić information content (AvgIpc) is 3.14. The third-order valence-electron chi connectivity index (χ3n) is 3.59. The van der Waals surface area contributed by atoms with Crippen molar-refractivity contribution in [2.24, 2.45) is 0 Å². The molecule has 2 aromatic carbocycles. The lowest BCUT2D eigenvalue weighted by Gasteiger charge is -2.08. The minimum Gasteiger partial charge on any atom is -0.348 e. The van der Waals surface area contributed by atoms with Crippen molar-refractivity contribution in [2.45, 2.75) is 6.54 Å². The van der Waals surface area contributed by atoms with E-state index in [0.717, 1.165) is 0 Å². The van der Waals surface area contributed by atoms with Crippen LogP contribution in [-0.2, 0) is 6.54 Å². The Labute approximate surface area is 141 Å². The van der Waals surface area contributed by atoms with Crippen molar-refractivity contribution in [3.8, 4) is 5.69 Å². The highest BCUT2D eigenvalue weighted by Crippen LogP contribution is 2.18. The third-order valence-corrected chi connectivity index (χ3v) is 3.59. The van der Waals surface area contributed by atoms with Crippen molar-refractivity contribution >= 4 is 11.6 Å². The van der Waals surface area contributed by atoms with Crippen molar-refractivity contribution < 1.29 is 14.1 Å². The Kier molecular flexibility index (Phi) is 4.51. The molecule has 8 heteroatoms. The number of nitro benzene ring substituents is 1. The van der Waals surface area contributed by atoms with E-state index in [0.29, 0.717) is 11.3 Å². The van der Waals surface area contributed by atoms with Crippen LogP contribution in [0.25, 0.3) is 5.69 Å². The maximum absolute atomic E-state index is 14.2. The van der Waals surface area contributed by atoms with Gasteiger partial charge in [-0.15, -0.1) is 0 Å². The topological polar surface area (TPSA) is 90.1 Å². The van der Waals surface area contributed by atoms with E-state index < -0.39 is 16.6 Å². The summed E-state index contributed by atoms with van der Waals surface area (Å²) in [5.41, 5.74) is 0.559. The number of aromatic nitrogens is 2. The SMILES string of the molecule is O=C(NCc1ccc(-n2ccnc2)c(F)c1)c1ccccc1[N+](=O)[O-]. The minimum absolute atomic E-state index is 0.0389. The summed E-state index contributed by atoms with van der Waals surface area (Å²) in [5, 5.41) is 13.5. The Morgan fingerprint density at radius 3 is 2.76 bits per heavy atom. The van der Waals surface area contributed by atoms with Gasteiger partial charge in [-0.05, 0) is 23.8 Å². The van der Waals surface area contributed by atoms with Crippen LogP contribution >= 0.6 is 0 Å². The average molecular weight is 340 g/mol. The molecule has 1 aromatic heterocycles. The highest BCUT2D eigenvalue weighted by Gasteiger charge is 2.18. The predicted octanol–water partition coefficient (Wildman–Crippen LogP) is 2.85. The number of benzene rings is 2. The summed E-state index contributed by atoms with van der Waals surface area (Å²) in [6.45, 7) is 0.0476. The van der Waals surface area contributed by atoms with Crippen LogP contribution in [0.1, 0.15) is 15.9 Å². The van der Waals surface area contributed by atoms with E-state index in [-0.39, 0.29) is 17.8 Å². The Balaban J connectivity index is 1.73. The lowest BCUT2D eigenvalue weighted by Crippen LogP contribution is -2.23. The van der Waals surface area contributed by atoms with Crippen molar-refractivity contribution in [2.75, 3.05) is 0 Å². The summed E-state index contributed by atoms with van der Waals surface area (Å²) in [6, 6.07) is 10.2. The lowest BCUT2D eigenvalue weighted by atomic mass is 10.1. The van der Waals surface area contributed by atoms with Gasteiger partial charge in [0.15, 0.2) is 0 Å². The number of nitro groups is 1. The summed E-state index contributed by atoms with van der Waals surface area (Å²) in [7, 11) is 0. The van der Waals surface area contributed by atoms with Crippen molar-refractivity contribution in [1.29, 1.82) is 0 Å². The molecule has 0 aliphatic carbocycles. The van der Waals surface area contributed by atoms with Crippen molar-refractivity contribution in [3.05, 3.63) is 88.2 Å². The van der Waals surface area contributed by atoms with Gasteiger partial charge in [0, 0.05) is 25.0 Å². The Morgan fingerprint density at radius 2 is 2.08 bits per heavy atom. The van der Waals surface area contributed by atoms with Gasteiger partial charge in [-0.1, -0.05) is 18.2 Å². The highest BCUT2D eigenvalue weighted by atomic mass is 19.1. The number of nitrogens with one attached hydrogen (secondary N) is 1. The van der Waals surface area contributed by atoms with Crippen LogP contribution in [0.3, 0.4) is 0 Å². The number of imidazole rings is 1. The second-order valence-electron chi connectivity index (χ2n) is 5.21. The molecule has 1 amide bonds. The standard InChI is InChI=1S/C17H13FN4O3/c18-14-9-12(5-6-16(14)21-8-7-19-11-21)10-20-17(23)13-3-1-2-4-15(13)22(24)25/h1-9,11H,10H2,(H,20,23). The Bertz CT molecular complexity index is 925. The quantitative estimate of drug-likeness (QED) is 0.571. The van der Waals surface area contributed by atoms with Gasteiger partial charge in [-0.2, -0.15) is 0 Å². The van der Waals surface area contributed by atoms with Crippen LogP contribution in [0.5, 0.6) is 0 Å². The van der Waals surface area contributed by atoms with Crippen LogP contribution < -0.4 is 5.32 Å². The van der Waals surface area contributed by atoms with Gasteiger partial charge in [-0.25, -0.2) is 9.37 Å². The first-order valence-electron chi connectivity index (χ1n) is 7.34. The van der Waals surface area contributed by atoms with E-state index in [1.807, 2.05) is 0 Å². The number of rotatable bonds is 5. The molecule has 7 nitrogen and oxygen atoms in total. The number of carbonyl (C=O) groups is 1. The van der Waals surface area contributed by atoms with E-state index in [1.54, 1.807) is 30.6 Å². The molecule has 0 fully saturated rings. The highest BCUT2D eigenvalue weighted by molar-refractivity contribution is 5.98. The van der Waals surface area contributed by atoms with E-state index >= 15 is 0 Å². The Morgan fingerprint density at radius 1 is 1.28 bits per heavy atom. The van der Waals surface area contributed by atoms with Crippen LogP contribution in [0, 0.1) is 15.9 Å². The van der Waals surface area contributed by atoms with Gasteiger partial charge in [0.25, 0.3) is 11.6 Å². The summed E-state index contributed by atoms with van der Waals surface area (Å²) in [6.07, 6.45) is 4.64. The molecule has 0 saturated heterocycles. The second-order valence-corrected chi connectivity index (χ2v) is 5.21. The molecule has 0 spiro atoms. The molecule has 3 rings (SSSR count). The predicted molar refractivity (Wildman–Crippen MR) is 87.8 cm³/mol. The molecule has 25 heavy (non-hydrogen) atoms. The molecule has 0 aliphatic heterocycles. The minimum atomic E-state index is -0.617. The van der Waals surface area contributed by atoms with Crippen LogP contribution in [0.15, 0.2) is 61.2 Å². The fourth-order valence-corrected chi connectivity index (χ4v) is 2.37. The van der Waals surface area contributed by atoms with Gasteiger partial charge >= 0.3 is 0 Å². The molecular weight excluding hydrogens is 327 g/mol. The number of hydrogen-bond donors (Lipinski definition) is 1. The zero-order valence-electron chi connectivity index (χ0n) is 12.9. The molecule has 0 aliphatic rings. The third kappa shape index (κ3) is 3.52. The van der Waals surface area contributed by atoms with Gasteiger partial charge in [-0.3, -0.25) is 14.9 Å². The van der Waals surface area contributed by atoms with Crippen LogP contribution in [-0.4, -0.2) is 20.4 Å². The normalized spacial score (nSPS) is 10.4. The summed E-state index contributed by atoms with van der Waals surface area (Å²) in [4.78, 5) is 26.4. The molecular formula is C17H13FN4O3. The van der Waals surface area contributed by atoms with Gasteiger partial charge in [0.05, 0.1) is 16.9 Å².